The maximum absolute atomic E-state index is 12.2. The van der Waals surface area contributed by atoms with Gasteiger partial charge in [0, 0.05) is 18.0 Å². The number of methoxy groups -OCH3 is 1. The number of ether oxygens (including phenoxy) is 1. The van der Waals surface area contributed by atoms with Crippen LogP contribution in [0.1, 0.15) is 16.8 Å². The maximum atomic E-state index is 12.2. The largest absolute Gasteiger partial charge is 0.496 e. The summed E-state index contributed by atoms with van der Waals surface area (Å²) in [6.07, 6.45) is 4.04. The Hall–Kier alpha value is -3.45. The molecular weight excluding hydrogens is 398 g/mol. The van der Waals surface area contributed by atoms with Crippen LogP contribution in [-0.2, 0) is 22.4 Å². The van der Waals surface area contributed by atoms with Crippen LogP contribution in [0, 0.1) is 0 Å². The van der Waals surface area contributed by atoms with E-state index in [1.54, 1.807) is 18.6 Å². The normalized spacial score (nSPS) is 10.7. The minimum Gasteiger partial charge on any atom is -0.496 e. The van der Waals surface area contributed by atoms with Gasteiger partial charge in [0.25, 0.3) is 0 Å². The molecule has 30 heavy (non-hydrogen) atoms. The van der Waals surface area contributed by atoms with Gasteiger partial charge < -0.3 is 10.1 Å². The first-order chi connectivity index (χ1) is 14.6. The van der Waals surface area contributed by atoms with E-state index in [-0.39, 0.29) is 18.2 Å². The van der Waals surface area contributed by atoms with Gasteiger partial charge in [-0.05, 0) is 29.7 Å². The molecule has 3 aromatic rings. The number of rotatable bonds is 9. The predicted molar refractivity (Wildman–Crippen MR) is 120 cm³/mol. The molecule has 0 aliphatic rings. The Kier molecular flexibility index (Phi) is 7.74. The third-order valence-corrected chi connectivity index (χ3v) is 5.07. The SMILES string of the molecule is COc1ccccc1CCNC(=O)Cc1csc(NC(=O)/C=C/c2ccccc2)n1. The van der Waals surface area contributed by atoms with Crippen LogP contribution in [0.15, 0.2) is 66.1 Å². The number of aromatic nitrogens is 1. The van der Waals surface area contributed by atoms with E-state index in [9.17, 15) is 9.59 Å². The zero-order chi connectivity index (χ0) is 21.2. The van der Waals surface area contributed by atoms with Gasteiger partial charge in [-0.3, -0.25) is 14.9 Å². The van der Waals surface area contributed by atoms with Crippen molar-refractivity contribution in [3.63, 3.8) is 0 Å². The molecule has 0 atom stereocenters. The third kappa shape index (κ3) is 6.56. The molecule has 3 rings (SSSR count). The van der Waals surface area contributed by atoms with Crippen molar-refractivity contribution in [3.8, 4) is 5.75 Å². The molecule has 0 saturated carbocycles. The van der Waals surface area contributed by atoms with Crippen molar-refractivity contribution in [1.29, 1.82) is 0 Å². The summed E-state index contributed by atoms with van der Waals surface area (Å²) in [4.78, 5) is 28.5. The van der Waals surface area contributed by atoms with E-state index in [1.165, 1.54) is 17.4 Å². The Bertz CT molecular complexity index is 1020. The van der Waals surface area contributed by atoms with Gasteiger partial charge in [0.15, 0.2) is 5.13 Å². The molecule has 0 unspecified atom stereocenters. The molecule has 0 spiro atoms. The van der Waals surface area contributed by atoms with E-state index < -0.39 is 0 Å². The smallest absolute Gasteiger partial charge is 0.250 e. The first-order valence-electron chi connectivity index (χ1n) is 9.51. The summed E-state index contributed by atoms with van der Waals surface area (Å²) in [5.41, 5.74) is 2.61. The van der Waals surface area contributed by atoms with Crippen LogP contribution < -0.4 is 15.4 Å². The number of nitrogens with zero attached hydrogens (tertiary/aromatic N) is 1. The summed E-state index contributed by atoms with van der Waals surface area (Å²) in [5, 5.41) is 7.85. The van der Waals surface area contributed by atoms with Gasteiger partial charge in [0.1, 0.15) is 5.75 Å². The molecule has 0 aliphatic heterocycles. The molecule has 2 amide bonds. The van der Waals surface area contributed by atoms with Crippen molar-refractivity contribution in [2.24, 2.45) is 0 Å². The third-order valence-electron chi connectivity index (χ3n) is 4.26. The first kappa shape index (κ1) is 21.3. The standard InChI is InChI=1S/C23H23N3O3S/c1-29-20-10-6-5-9-18(20)13-14-24-22(28)15-19-16-30-23(25-19)26-21(27)12-11-17-7-3-2-4-8-17/h2-12,16H,13-15H2,1H3,(H,24,28)(H,25,26,27)/b12-11+. The van der Waals surface area contributed by atoms with Crippen LogP contribution in [0.25, 0.3) is 6.08 Å². The second-order valence-electron chi connectivity index (χ2n) is 6.47. The number of carbonyl (C=O) groups excluding carboxylic acids is 2. The molecular formula is C23H23N3O3S. The van der Waals surface area contributed by atoms with E-state index in [4.69, 9.17) is 4.74 Å². The molecule has 0 saturated heterocycles. The van der Waals surface area contributed by atoms with Crippen LogP contribution in [0.5, 0.6) is 5.75 Å². The number of benzene rings is 2. The lowest BCUT2D eigenvalue weighted by Gasteiger charge is -2.08. The minimum absolute atomic E-state index is 0.114. The average Bonchev–Trinajstić information content (AvgIpc) is 3.19. The van der Waals surface area contributed by atoms with Crippen molar-refractivity contribution in [2.75, 3.05) is 19.0 Å². The predicted octanol–water partition coefficient (Wildman–Crippen LogP) is 3.71. The number of amides is 2. The van der Waals surface area contributed by atoms with Crippen molar-refractivity contribution >= 4 is 34.4 Å². The highest BCUT2D eigenvalue weighted by Gasteiger charge is 2.09. The number of hydrogen-bond acceptors (Lipinski definition) is 5. The van der Waals surface area contributed by atoms with Crippen molar-refractivity contribution < 1.29 is 14.3 Å². The Morgan fingerprint density at radius 3 is 2.67 bits per heavy atom. The molecule has 0 aliphatic carbocycles. The summed E-state index contributed by atoms with van der Waals surface area (Å²) >= 11 is 1.29. The Labute approximate surface area is 179 Å². The molecule has 1 aromatic heterocycles. The monoisotopic (exact) mass is 421 g/mol. The lowest BCUT2D eigenvalue weighted by molar-refractivity contribution is -0.120. The lowest BCUT2D eigenvalue weighted by atomic mass is 10.1. The van der Waals surface area contributed by atoms with E-state index in [0.29, 0.717) is 23.8 Å². The number of hydrogen-bond donors (Lipinski definition) is 2. The molecule has 0 radical (unpaired) electrons. The fraction of sp³-hybridized carbons (Fsp3) is 0.174. The highest BCUT2D eigenvalue weighted by atomic mass is 32.1. The molecule has 7 heteroatoms. The maximum Gasteiger partial charge on any atom is 0.250 e. The zero-order valence-electron chi connectivity index (χ0n) is 16.6. The highest BCUT2D eigenvalue weighted by Crippen LogP contribution is 2.18. The molecule has 2 N–H and O–H groups in total. The summed E-state index contributed by atoms with van der Waals surface area (Å²) in [5.74, 6) is 0.436. The Balaban J connectivity index is 1.43. The van der Waals surface area contributed by atoms with Crippen molar-refractivity contribution in [3.05, 3.63) is 82.9 Å². The second-order valence-corrected chi connectivity index (χ2v) is 7.32. The van der Waals surface area contributed by atoms with Gasteiger partial charge in [-0.1, -0.05) is 48.5 Å². The average molecular weight is 422 g/mol. The van der Waals surface area contributed by atoms with E-state index in [0.717, 1.165) is 16.9 Å². The minimum atomic E-state index is -0.263. The number of para-hydroxylation sites is 1. The van der Waals surface area contributed by atoms with Gasteiger partial charge in [0.2, 0.25) is 11.8 Å². The zero-order valence-corrected chi connectivity index (χ0v) is 17.4. The van der Waals surface area contributed by atoms with Crippen LogP contribution in [0.2, 0.25) is 0 Å². The topological polar surface area (TPSA) is 80.3 Å². The molecule has 1 heterocycles. The highest BCUT2D eigenvalue weighted by molar-refractivity contribution is 7.14. The molecule has 154 valence electrons. The van der Waals surface area contributed by atoms with Gasteiger partial charge >= 0.3 is 0 Å². The van der Waals surface area contributed by atoms with Crippen LogP contribution >= 0.6 is 11.3 Å². The fourth-order valence-corrected chi connectivity index (χ4v) is 3.51. The van der Waals surface area contributed by atoms with Crippen LogP contribution in [-0.4, -0.2) is 30.5 Å². The molecule has 2 aromatic carbocycles. The summed E-state index contributed by atoms with van der Waals surface area (Å²) in [6.45, 7) is 0.511. The number of thiazole rings is 1. The van der Waals surface area contributed by atoms with E-state index in [1.807, 2.05) is 54.6 Å². The second kappa shape index (κ2) is 10.9. The quantitative estimate of drug-likeness (QED) is 0.516. The Morgan fingerprint density at radius 1 is 1.10 bits per heavy atom. The number of nitrogens with one attached hydrogen (secondary N) is 2. The Morgan fingerprint density at radius 2 is 1.87 bits per heavy atom. The van der Waals surface area contributed by atoms with Gasteiger partial charge in [-0.15, -0.1) is 11.3 Å². The molecule has 0 fully saturated rings. The summed E-state index contributed by atoms with van der Waals surface area (Å²) in [7, 11) is 1.63. The lowest BCUT2D eigenvalue weighted by Crippen LogP contribution is -2.27. The van der Waals surface area contributed by atoms with Crippen LogP contribution in [0.3, 0.4) is 0 Å². The van der Waals surface area contributed by atoms with E-state index >= 15 is 0 Å². The van der Waals surface area contributed by atoms with Gasteiger partial charge in [-0.2, -0.15) is 0 Å². The van der Waals surface area contributed by atoms with Gasteiger partial charge in [-0.25, -0.2) is 4.98 Å². The van der Waals surface area contributed by atoms with Crippen molar-refractivity contribution in [2.45, 2.75) is 12.8 Å². The summed E-state index contributed by atoms with van der Waals surface area (Å²) in [6, 6.07) is 17.3. The van der Waals surface area contributed by atoms with E-state index in [2.05, 4.69) is 15.6 Å². The fourth-order valence-electron chi connectivity index (χ4n) is 2.80. The molecule has 0 bridgehead atoms. The summed E-state index contributed by atoms with van der Waals surface area (Å²) < 4.78 is 5.31. The first-order valence-corrected chi connectivity index (χ1v) is 10.4. The van der Waals surface area contributed by atoms with Crippen molar-refractivity contribution in [1.82, 2.24) is 10.3 Å². The number of anilines is 1. The number of carbonyl (C=O) groups is 2. The van der Waals surface area contributed by atoms with Crippen LogP contribution in [0.4, 0.5) is 5.13 Å². The molecule has 6 nitrogen and oxygen atoms in total. The van der Waals surface area contributed by atoms with Gasteiger partial charge in [0.05, 0.1) is 19.2 Å².